The molecule has 0 atom stereocenters. The van der Waals surface area contributed by atoms with Crippen molar-refractivity contribution in [3.63, 3.8) is 0 Å². The minimum atomic E-state index is -4.85. The number of nitrogen functional groups attached to an aromatic ring is 1. The van der Waals surface area contributed by atoms with E-state index in [-0.39, 0.29) is 72.9 Å². The van der Waals surface area contributed by atoms with Crippen LogP contribution in [0.2, 0.25) is 0 Å². The fourth-order valence-electron chi connectivity index (χ4n) is 3.71. The number of hydrogen-bond donors (Lipinski definition) is 3. The molecule has 0 aliphatic rings. The van der Waals surface area contributed by atoms with E-state index in [4.69, 9.17) is 5.73 Å². The number of benzene rings is 4. The summed E-state index contributed by atoms with van der Waals surface area (Å²) < 4.78 is 61.3. The van der Waals surface area contributed by atoms with Gasteiger partial charge in [-0.2, -0.15) is 0 Å². The van der Waals surface area contributed by atoms with Crippen LogP contribution in [0.15, 0.2) is 91.6 Å². The molecule has 4 rings (SSSR count). The van der Waals surface area contributed by atoms with E-state index in [1.165, 1.54) is 49.4 Å². The number of nitrogens with two attached hydrogens (primary N) is 1. The Morgan fingerprint density at radius 3 is 2.21 bits per heavy atom. The summed E-state index contributed by atoms with van der Waals surface area (Å²) in [4.78, 5) is 10.7. The van der Waals surface area contributed by atoms with Gasteiger partial charge in [0, 0.05) is 12.6 Å². The third kappa shape index (κ3) is 6.46. The van der Waals surface area contributed by atoms with Crippen molar-refractivity contribution in [3.8, 4) is 5.75 Å². The summed E-state index contributed by atoms with van der Waals surface area (Å²) in [6, 6.07) is 14.8. The second kappa shape index (κ2) is 11.4. The van der Waals surface area contributed by atoms with Crippen molar-refractivity contribution in [2.24, 2.45) is 10.2 Å². The first-order chi connectivity index (χ1) is 17.8. The first-order valence-corrected chi connectivity index (χ1v) is 13.8. The normalized spacial score (nSPS) is 11.9. The smallest absolute Gasteiger partial charge is 0.744 e. The summed E-state index contributed by atoms with van der Waals surface area (Å²) >= 11 is 0. The fraction of sp³-hybridized carbons (Fsp3) is 0.0800. The van der Waals surface area contributed by atoms with Gasteiger partial charge in [-0.3, -0.25) is 4.79 Å². The molecule has 4 N–H and O–H groups in total. The number of aromatic hydroxyl groups is 1. The van der Waals surface area contributed by atoms with Crippen LogP contribution < -0.4 is 40.6 Å². The number of phenolic OH excluding ortho intramolecular Hbond substituents is 1. The molecule has 14 heteroatoms. The van der Waals surface area contributed by atoms with E-state index in [1.807, 2.05) is 6.92 Å². The standard InChI is InChI=1S/C25H22N4O7S2.Na/c1-14-3-7-18(8-4-14)37(32,33)23-12-17(27-15(2)30)6-10-21(23)28-29-25-20(26)9-5-16-11-19(38(34,35)36)13-22(31)24(16)25;/h3-13,31H,26H2,1-2H3,(H,27,30)(H,34,35,36);/q;+1/p-1. The number of phenols is 1. The van der Waals surface area contributed by atoms with Gasteiger partial charge in [0.25, 0.3) is 0 Å². The average molecular weight is 577 g/mol. The molecule has 0 bridgehead atoms. The molecule has 0 heterocycles. The predicted molar refractivity (Wildman–Crippen MR) is 140 cm³/mol. The summed E-state index contributed by atoms with van der Waals surface area (Å²) in [6.07, 6.45) is 0. The fourth-order valence-corrected chi connectivity index (χ4v) is 5.65. The van der Waals surface area contributed by atoms with Gasteiger partial charge >= 0.3 is 29.6 Å². The van der Waals surface area contributed by atoms with Crippen molar-refractivity contribution >= 4 is 59.4 Å². The second-order valence-electron chi connectivity index (χ2n) is 8.38. The molecule has 0 spiro atoms. The number of carbonyl (C=O) groups is 1. The molecule has 0 radical (unpaired) electrons. The maximum absolute atomic E-state index is 13.5. The zero-order valence-electron chi connectivity index (χ0n) is 21.0. The third-order valence-electron chi connectivity index (χ3n) is 5.52. The van der Waals surface area contributed by atoms with Crippen LogP contribution in [-0.4, -0.2) is 32.4 Å². The van der Waals surface area contributed by atoms with Gasteiger partial charge in [-0.25, -0.2) is 16.8 Å². The van der Waals surface area contributed by atoms with Crippen molar-refractivity contribution in [1.29, 1.82) is 0 Å². The zero-order chi connectivity index (χ0) is 27.8. The number of nitrogens with one attached hydrogen (secondary N) is 1. The van der Waals surface area contributed by atoms with E-state index >= 15 is 0 Å². The third-order valence-corrected chi connectivity index (χ3v) is 8.13. The Bertz CT molecular complexity index is 1840. The van der Waals surface area contributed by atoms with E-state index in [0.717, 1.165) is 17.7 Å². The number of carbonyl (C=O) groups excluding carboxylic acids is 1. The monoisotopic (exact) mass is 576 g/mol. The Morgan fingerprint density at radius 2 is 1.59 bits per heavy atom. The Kier molecular flexibility index (Phi) is 8.85. The summed E-state index contributed by atoms with van der Waals surface area (Å²) in [5, 5.41) is 21.4. The number of azo groups is 1. The molecule has 39 heavy (non-hydrogen) atoms. The molecule has 0 saturated heterocycles. The van der Waals surface area contributed by atoms with Crippen LogP contribution in [0, 0.1) is 6.92 Å². The SMILES string of the molecule is CC(=O)Nc1ccc(N=Nc2c(N)ccc3cc(S(=O)(=O)[O-])cc(O)c23)c(S(=O)(=O)c2ccc(C)cc2)c1.[Na+]. The Labute approximate surface area is 246 Å². The van der Waals surface area contributed by atoms with Gasteiger partial charge in [0.15, 0.2) is 0 Å². The van der Waals surface area contributed by atoms with Gasteiger partial charge in [-0.1, -0.05) is 23.8 Å². The number of sulfone groups is 1. The van der Waals surface area contributed by atoms with Gasteiger partial charge in [0.2, 0.25) is 15.7 Å². The molecule has 0 aromatic heterocycles. The number of amides is 1. The molecular weight excluding hydrogens is 555 g/mol. The van der Waals surface area contributed by atoms with Crippen LogP contribution in [0.5, 0.6) is 5.75 Å². The second-order valence-corrected chi connectivity index (χ2v) is 11.7. The van der Waals surface area contributed by atoms with Crippen molar-refractivity contribution in [3.05, 3.63) is 72.3 Å². The molecule has 0 fully saturated rings. The Balaban J connectivity index is 0.00000420. The number of nitrogens with zero attached hydrogens (tertiary/aromatic N) is 2. The number of anilines is 2. The van der Waals surface area contributed by atoms with Crippen molar-refractivity contribution in [1.82, 2.24) is 0 Å². The van der Waals surface area contributed by atoms with E-state index in [0.29, 0.717) is 0 Å². The first-order valence-electron chi connectivity index (χ1n) is 10.9. The summed E-state index contributed by atoms with van der Waals surface area (Å²) in [5.74, 6) is -0.983. The van der Waals surface area contributed by atoms with Gasteiger partial charge < -0.3 is 20.7 Å². The summed E-state index contributed by atoms with van der Waals surface area (Å²) in [5.41, 5.74) is 7.01. The van der Waals surface area contributed by atoms with Gasteiger partial charge in [-0.05, 0) is 60.8 Å². The van der Waals surface area contributed by atoms with E-state index < -0.39 is 36.5 Å². The van der Waals surface area contributed by atoms with Crippen LogP contribution in [-0.2, 0) is 24.7 Å². The molecule has 4 aromatic carbocycles. The van der Waals surface area contributed by atoms with Crippen LogP contribution >= 0.6 is 0 Å². The number of rotatable bonds is 6. The van der Waals surface area contributed by atoms with Crippen molar-refractivity contribution in [2.75, 3.05) is 11.1 Å². The maximum atomic E-state index is 13.5. The predicted octanol–water partition coefficient (Wildman–Crippen LogP) is 1.55. The number of hydrogen-bond acceptors (Lipinski definition) is 10. The van der Waals surface area contributed by atoms with Crippen molar-refractivity contribution < 1.29 is 60.8 Å². The summed E-state index contributed by atoms with van der Waals surface area (Å²) in [7, 11) is -8.97. The van der Waals surface area contributed by atoms with Crippen LogP contribution in [0.4, 0.5) is 22.7 Å². The van der Waals surface area contributed by atoms with Gasteiger partial charge in [-0.15, -0.1) is 10.2 Å². The van der Waals surface area contributed by atoms with E-state index in [2.05, 4.69) is 15.5 Å². The zero-order valence-corrected chi connectivity index (χ0v) is 24.7. The van der Waals surface area contributed by atoms with E-state index in [9.17, 15) is 31.3 Å². The van der Waals surface area contributed by atoms with E-state index in [1.54, 1.807) is 12.1 Å². The largest absolute Gasteiger partial charge is 1.00 e. The Hall–Kier alpha value is -3.33. The molecule has 0 aliphatic heterocycles. The number of aryl methyl sites for hydroxylation is 1. The average Bonchev–Trinajstić information content (AvgIpc) is 2.83. The molecule has 11 nitrogen and oxygen atoms in total. The molecule has 0 unspecified atom stereocenters. The molecule has 0 aliphatic carbocycles. The van der Waals surface area contributed by atoms with Crippen LogP contribution in [0.1, 0.15) is 12.5 Å². The van der Waals surface area contributed by atoms with Gasteiger partial charge in [0.05, 0.1) is 20.9 Å². The minimum Gasteiger partial charge on any atom is -0.744 e. The topological polar surface area (TPSA) is 191 Å². The number of fused-ring (bicyclic) bond motifs is 1. The molecule has 196 valence electrons. The molecule has 1 amide bonds. The Morgan fingerprint density at radius 1 is 0.923 bits per heavy atom. The molecule has 4 aromatic rings. The molecule has 0 saturated carbocycles. The maximum Gasteiger partial charge on any atom is 1.00 e. The quantitative estimate of drug-likeness (QED) is 0.133. The first kappa shape index (κ1) is 30.2. The van der Waals surface area contributed by atoms with Crippen LogP contribution in [0.3, 0.4) is 0 Å². The van der Waals surface area contributed by atoms with Gasteiger partial charge in [0.1, 0.15) is 32.1 Å². The van der Waals surface area contributed by atoms with Crippen LogP contribution in [0.25, 0.3) is 10.8 Å². The summed E-state index contributed by atoms with van der Waals surface area (Å²) in [6.45, 7) is 3.09. The molecular formula is C25H21N4NaO7S2. The minimum absolute atomic E-state index is 0. The van der Waals surface area contributed by atoms with Crippen molar-refractivity contribution in [2.45, 2.75) is 28.5 Å².